The van der Waals surface area contributed by atoms with Gasteiger partial charge >= 0.3 is 0 Å². The van der Waals surface area contributed by atoms with Crippen molar-refractivity contribution in [1.29, 1.82) is 0 Å². The molecule has 0 bridgehead atoms. The van der Waals surface area contributed by atoms with E-state index in [1.165, 1.54) is 19.3 Å². The minimum atomic E-state index is -0.216. The molecule has 1 aliphatic heterocycles. The van der Waals surface area contributed by atoms with Crippen LogP contribution < -0.4 is 0 Å². The monoisotopic (exact) mass is 369 g/mol. The van der Waals surface area contributed by atoms with Crippen LogP contribution >= 0.6 is 9.24 Å². The van der Waals surface area contributed by atoms with E-state index in [1.54, 1.807) is 0 Å². The predicted octanol–water partition coefficient (Wildman–Crippen LogP) is 1.03. The molecule has 0 aromatic heterocycles. The molecule has 0 radical (unpaired) electrons. The molecule has 0 aromatic carbocycles. The molecule has 1 nitrogen and oxygen atoms in total. The Morgan fingerprint density at radius 2 is 2.27 bits per heavy atom. The van der Waals surface area contributed by atoms with Crippen molar-refractivity contribution < 1.29 is 25.8 Å². The van der Waals surface area contributed by atoms with Crippen molar-refractivity contribution in [1.82, 2.24) is 0 Å². The molecule has 0 saturated carbocycles. The van der Waals surface area contributed by atoms with E-state index in [2.05, 4.69) is 21.5 Å². The maximum absolute atomic E-state index is 5.66. The van der Waals surface area contributed by atoms with Gasteiger partial charge in [0.2, 0.25) is 0 Å². The van der Waals surface area contributed by atoms with Crippen molar-refractivity contribution in [3.05, 3.63) is 12.3 Å². The summed E-state index contributed by atoms with van der Waals surface area (Å²) in [6.45, 7) is 4.72. The standard InChI is InChI=1S/C7H15OPSi.Pt/c1-2-10-7(9)5-3-4-6-8-7;/h2H,1,3-6,9-10H2;. The zero-order chi connectivity index (χ0) is 7.45. The van der Waals surface area contributed by atoms with Crippen LogP contribution in [0.25, 0.3) is 0 Å². The summed E-state index contributed by atoms with van der Waals surface area (Å²) in [5.74, 6) is 0. The first kappa shape index (κ1) is 12.0. The zero-order valence-corrected chi connectivity index (χ0v) is 11.5. The van der Waals surface area contributed by atoms with Crippen LogP contribution in [0.2, 0.25) is 0 Å². The summed E-state index contributed by atoms with van der Waals surface area (Å²) in [5.41, 5.74) is 2.07. The van der Waals surface area contributed by atoms with Gasteiger partial charge < -0.3 is 4.74 Å². The molecule has 2 atom stereocenters. The van der Waals surface area contributed by atoms with Crippen molar-refractivity contribution in [3.8, 4) is 0 Å². The maximum atomic E-state index is 5.66. The van der Waals surface area contributed by atoms with Crippen LogP contribution in [0.1, 0.15) is 19.3 Å². The smallest absolute Gasteiger partial charge is 0.0874 e. The van der Waals surface area contributed by atoms with Crippen molar-refractivity contribution in [2.45, 2.75) is 24.2 Å². The van der Waals surface area contributed by atoms with Crippen LogP contribution in [0, 0.1) is 0 Å². The Morgan fingerprint density at radius 3 is 2.73 bits per heavy atom. The average Bonchev–Trinajstić information content (AvgIpc) is 1.89. The third kappa shape index (κ3) is 3.99. The summed E-state index contributed by atoms with van der Waals surface area (Å²) in [6, 6.07) is 0. The van der Waals surface area contributed by atoms with Crippen LogP contribution in [0.3, 0.4) is 0 Å². The number of hydrogen-bond acceptors (Lipinski definition) is 1. The van der Waals surface area contributed by atoms with Crippen LogP contribution in [-0.2, 0) is 25.8 Å². The van der Waals surface area contributed by atoms with Gasteiger partial charge in [0, 0.05) is 27.7 Å². The molecule has 1 heterocycles. The topological polar surface area (TPSA) is 9.23 Å². The summed E-state index contributed by atoms with van der Waals surface area (Å²) in [5, 5.41) is 0. The fourth-order valence-corrected chi connectivity index (χ4v) is 3.31. The van der Waals surface area contributed by atoms with Crippen molar-refractivity contribution in [3.63, 3.8) is 0 Å². The molecule has 0 N–H and O–H groups in total. The maximum Gasteiger partial charge on any atom is 0.0874 e. The SMILES string of the molecule is C=C[SiH2]C1(P)CCCCO1.[Pt]. The first-order valence-corrected chi connectivity index (χ1v) is 5.91. The fourth-order valence-electron chi connectivity index (χ4n) is 1.28. The van der Waals surface area contributed by atoms with E-state index in [4.69, 9.17) is 4.74 Å². The van der Waals surface area contributed by atoms with Crippen molar-refractivity contribution in [2.24, 2.45) is 0 Å². The molecular formula is C7H15OPPtSi. The minimum absolute atomic E-state index is 0. The summed E-state index contributed by atoms with van der Waals surface area (Å²) >= 11 is 0. The average molecular weight is 369 g/mol. The van der Waals surface area contributed by atoms with Gasteiger partial charge in [0.05, 0.1) is 14.5 Å². The second-order valence-corrected chi connectivity index (χ2v) is 6.91. The molecule has 68 valence electrons. The van der Waals surface area contributed by atoms with Crippen molar-refractivity contribution >= 4 is 18.8 Å². The first-order chi connectivity index (χ1) is 4.77. The Labute approximate surface area is 87.6 Å². The third-order valence-corrected chi connectivity index (χ3v) is 4.57. The van der Waals surface area contributed by atoms with E-state index >= 15 is 0 Å². The first-order valence-electron chi connectivity index (χ1n) is 3.81. The summed E-state index contributed by atoms with van der Waals surface area (Å²) < 4.78 is 5.66. The van der Waals surface area contributed by atoms with Gasteiger partial charge in [-0.1, -0.05) is 0 Å². The number of ether oxygens (including phenoxy) is 1. The number of hydrogen-bond donors (Lipinski definition) is 0. The molecule has 0 aliphatic carbocycles. The Kier molecular flexibility index (Phi) is 6.17. The van der Waals surface area contributed by atoms with Crippen molar-refractivity contribution in [2.75, 3.05) is 6.61 Å². The van der Waals surface area contributed by atoms with Crippen LogP contribution in [0.15, 0.2) is 12.3 Å². The number of rotatable bonds is 2. The molecule has 4 heteroatoms. The fraction of sp³-hybridized carbons (Fsp3) is 0.714. The largest absolute Gasteiger partial charge is 0.375 e. The Bertz CT molecular complexity index is 126. The molecule has 1 aliphatic rings. The van der Waals surface area contributed by atoms with Gasteiger partial charge in [0.15, 0.2) is 0 Å². The minimum Gasteiger partial charge on any atom is -0.375 e. The molecule has 1 saturated heterocycles. The van der Waals surface area contributed by atoms with Gasteiger partial charge in [-0.05, 0) is 19.3 Å². The quantitative estimate of drug-likeness (QED) is 0.522. The van der Waals surface area contributed by atoms with E-state index in [0.29, 0.717) is 0 Å². The van der Waals surface area contributed by atoms with Crippen LogP contribution in [0.5, 0.6) is 0 Å². The third-order valence-electron chi connectivity index (χ3n) is 1.87. The second kappa shape index (κ2) is 5.64. The van der Waals surface area contributed by atoms with E-state index < -0.39 is 0 Å². The Morgan fingerprint density at radius 1 is 1.55 bits per heavy atom. The molecule has 2 unspecified atom stereocenters. The molecule has 1 fully saturated rings. The van der Waals surface area contributed by atoms with Gasteiger partial charge in [0.25, 0.3) is 0 Å². The van der Waals surface area contributed by atoms with Gasteiger partial charge in [-0.15, -0.1) is 21.5 Å². The summed E-state index contributed by atoms with van der Waals surface area (Å²) in [6.07, 6.45) is 3.78. The summed E-state index contributed by atoms with van der Waals surface area (Å²) in [7, 11) is 2.64. The predicted molar refractivity (Wildman–Crippen MR) is 51.0 cm³/mol. The Hall–Kier alpha value is 1.04. The Balaban J connectivity index is 0.000001000. The zero-order valence-electron chi connectivity index (χ0n) is 6.62. The second-order valence-electron chi connectivity index (χ2n) is 2.86. The van der Waals surface area contributed by atoms with E-state index in [0.717, 1.165) is 6.61 Å². The molecule has 0 spiro atoms. The summed E-state index contributed by atoms with van der Waals surface area (Å²) in [4.78, 5) is 0.167. The molecule has 0 amide bonds. The normalized spacial score (nSPS) is 31.7. The van der Waals surface area contributed by atoms with Gasteiger partial charge in [-0.25, -0.2) is 0 Å². The van der Waals surface area contributed by atoms with Gasteiger partial charge in [-0.2, -0.15) is 0 Å². The van der Waals surface area contributed by atoms with Crippen LogP contribution in [-0.4, -0.2) is 21.1 Å². The molecule has 1 rings (SSSR count). The van der Waals surface area contributed by atoms with Gasteiger partial charge in [-0.3, -0.25) is 0 Å². The van der Waals surface area contributed by atoms with Crippen LogP contribution in [0.4, 0.5) is 0 Å². The molecule has 0 aromatic rings. The van der Waals surface area contributed by atoms with Gasteiger partial charge in [0.1, 0.15) is 0 Å². The van der Waals surface area contributed by atoms with E-state index in [9.17, 15) is 0 Å². The molecule has 11 heavy (non-hydrogen) atoms. The van der Waals surface area contributed by atoms with E-state index in [-0.39, 0.29) is 35.6 Å². The molecular weight excluding hydrogens is 354 g/mol. The van der Waals surface area contributed by atoms with E-state index in [1.807, 2.05) is 0 Å².